The Labute approximate surface area is 76.4 Å². The summed E-state index contributed by atoms with van der Waals surface area (Å²) in [5.41, 5.74) is 6.51. The zero-order valence-corrected chi connectivity index (χ0v) is 7.40. The van der Waals surface area contributed by atoms with Crippen molar-refractivity contribution < 1.29 is 9.90 Å². The van der Waals surface area contributed by atoms with Gasteiger partial charge in [0.05, 0.1) is 11.4 Å². The van der Waals surface area contributed by atoms with E-state index in [9.17, 15) is 4.79 Å². The van der Waals surface area contributed by atoms with E-state index in [1.165, 1.54) is 0 Å². The number of carbonyl (C=O) groups is 1. The van der Waals surface area contributed by atoms with Crippen LogP contribution in [0.25, 0.3) is 0 Å². The van der Waals surface area contributed by atoms with Gasteiger partial charge in [-0.1, -0.05) is 6.92 Å². The summed E-state index contributed by atoms with van der Waals surface area (Å²) in [4.78, 5) is 14.8. The third kappa shape index (κ3) is 1.96. The lowest BCUT2D eigenvalue weighted by Gasteiger charge is -2.10. The van der Waals surface area contributed by atoms with Crippen molar-refractivity contribution in [1.82, 2.24) is 4.98 Å². The molecule has 4 nitrogen and oxygen atoms in total. The number of anilines is 1. The number of pyridine rings is 1. The van der Waals surface area contributed by atoms with E-state index in [0.29, 0.717) is 17.8 Å². The predicted molar refractivity (Wildman–Crippen MR) is 49.3 cm³/mol. The van der Waals surface area contributed by atoms with E-state index < -0.39 is 11.9 Å². The van der Waals surface area contributed by atoms with Crippen molar-refractivity contribution in [3.8, 4) is 0 Å². The van der Waals surface area contributed by atoms with Crippen LogP contribution in [0.4, 0.5) is 5.69 Å². The van der Waals surface area contributed by atoms with Gasteiger partial charge >= 0.3 is 5.97 Å². The Morgan fingerprint density at radius 2 is 2.46 bits per heavy atom. The largest absolute Gasteiger partial charge is 0.481 e. The molecular weight excluding hydrogens is 168 g/mol. The van der Waals surface area contributed by atoms with E-state index in [2.05, 4.69) is 4.98 Å². The van der Waals surface area contributed by atoms with Gasteiger partial charge in [-0.05, 0) is 18.6 Å². The fraction of sp³-hybridized carbons (Fsp3) is 0.333. The summed E-state index contributed by atoms with van der Waals surface area (Å²) in [6.07, 6.45) is 2.05. The summed E-state index contributed by atoms with van der Waals surface area (Å²) < 4.78 is 0. The molecule has 70 valence electrons. The third-order valence-corrected chi connectivity index (χ3v) is 1.91. The molecule has 1 aromatic heterocycles. The van der Waals surface area contributed by atoms with Gasteiger partial charge in [0, 0.05) is 6.20 Å². The van der Waals surface area contributed by atoms with Gasteiger partial charge in [0.25, 0.3) is 0 Å². The Bertz CT molecular complexity index is 312. The lowest BCUT2D eigenvalue weighted by molar-refractivity contribution is -0.138. The number of rotatable bonds is 3. The highest BCUT2D eigenvalue weighted by atomic mass is 16.4. The summed E-state index contributed by atoms with van der Waals surface area (Å²) >= 11 is 0. The van der Waals surface area contributed by atoms with E-state index in [1.807, 2.05) is 0 Å². The van der Waals surface area contributed by atoms with Crippen LogP contribution in [0.1, 0.15) is 25.0 Å². The molecule has 0 aliphatic carbocycles. The van der Waals surface area contributed by atoms with Gasteiger partial charge in [-0.25, -0.2) is 0 Å². The average Bonchev–Trinajstić information content (AvgIpc) is 2.09. The molecule has 4 heteroatoms. The maximum atomic E-state index is 10.8. The highest BCUT2D eigenvalue weighted by molar-refractivity contribution is 5.77. The molecule has 1 unspecified atom stereocenters. The molecule has 1 atom stereocenters. The highest BCUT2D eigenvalue weighted by Crippen LogP contribution is 2.22. The summed E-state index contributed by atoms with van der Waals surface area (Å²) in [6, 6.07) is 3.35. The van der Waals surface area contributed by atoms with E-state index >= 15 is 0 Å². The van der Waals surface area contributed by atoms with Crippen molar-refractivity contribution in [3.05, 3.63) is 24.0 Å². The zero-order chi connectivity index (χ0) is 9.84. The van der Waals surface area contributed by atoms with Crippen molar-refractivity contribution in [1.29, 1.82) is 0 Å². The molecule has 0 spiro atoms. The molecule has 0 bridgehead atoms. The molecule has 0 radical (unpaired) electrons. The SMILES string of the molecule is CCC(C(=O)O)c1ncccc1N. The van der Waals surface area contributed by atoms with Crippen molar-refractivity contribution in [2.24, 2.45) is 0 Å². The first-order valence-electron chi connectivity index (χ1n) is 4.10. The quantitative estimate of drug-likeness (QED) is 0.733. The lowest BCUT2D eigenvalue weighted by Crippen LogP contribution is -2.13. The first-order valence-corrected chi connectivity index (χ1v) is 4.10. The Hall–Kier alpha value is -1.58. The second-order valence-corrected chi connectivity index (χ2v) is 2.78. The van der Waals surface area contributed by atoms with E-state index in [0.717, 1.165) is 0 Å². The van der Waals surface area contributed by atoms with Crippen LogP contribution in [0.3, 0.4) is 0 Å². The number of nitrogen functional groups attached to an aromatic ring is 1. The van der Waals surface area contributed by atoms with Crippen LogP contribution >= 0.6 is 0 Å². The fourth-order valence-corrected chi connectivity index (χ4v) is 1.21. The Morgan fingerprint density at radius 3 is 2.92 bits per heavy atom. The molecule has 0 aromatic carbocycles. The molecule has 0 saturated carbocycles. The molecule has 3 N–H and O–H groups in total. The van der Waals surface area contributed by atoms with Crippen LogP contribution < -0.4 is 5.73 Å². The monoisotopic (exact) mass is 180 g/mol. The number of nitrogens with zero attached hydrogens (tertiary/aromatic N) is 1. The minimum absolute atomic E-state index is 0.441. The number of nitrogens with two attached hydrogens (primary N) is 1. The maximum Gasteiger partial charge on any atom is 0.312 e. The van der Waals surface area contributed by atoms with Gasteiger partial charge < -0.3 is 10.8 Å². The lowest BCUT2D eigenvalue weighted by atomic mass is 10.0. The molecule has 0 aliphatic heterocycles. The van der Waals surface area contributed by atoms with Gasteiger partial charge in [0.2, 0.25) is 0 Å². The molecule has 13 heavy (non-hydrogen) atoms. The normalized spacial score (nSPS) is 12.4. The second-order valence-electron chi connectivity index (χ2n) is 2.78. The third-order valence-electron chi connectivity index (χ3n) is 1.91. The predicted octanol–water partition coefficient (Wildman–Crippen LogP) is 1.24. The number of carboxylic acid groups (broad SMARTS) is 1. The van der Waals surface area contributed by atoms with Crippen LogP contribution in [0, 0.1) is 0 Å². The van der Waals surface area contributed by atoms with Crippen molar-refractivity contribution in [2.75, 3.05) is 5.73 Å². The minimum Gasteiger partial charge on any atom is -0.481 e. The van der Waals surface area contributed by atoms with Crippen LogP contribution in [0.5, 0.6) is 0 Å². The molecule has 0 fully saturated rings. The van der Waals surface area contributed by atoms with Gasteiger partial charge in [-0.3, -0.25) is 9.78 Å². The molecule has 1 heterocycles. The molecule has 1 rings (SSSR count). The van der Waals surface area contributed by atoms with E-state index in [4.69, 9.17) is 10.8 Å². The minimum atomic E-state index is -0.882. The van der Waals surface area contributed by atoms with Crippen molar-refractivity contribution in [2.45, 2.75) is 19.3 Å². The van der Waals surface area contributed by atoms with E-state index in [1.54, 1.807) is 25.3 Å². The number of carboxylic acids is 1. The van der Waals surface area contributed by atoms with Crippen molar-refractivity contribution >= 4 is 11.7 Å². The van der Waals surface area contributed by atoms with Gasteiger partial charge in [-0.2, -0.15) is 0 Å². The standard InChI is InChI=1S/C9H12N2O2/c1-2-6(9(12)13)8-7(10)4-3-5-11-8/h3-6H,2,10H2,1H3,(H,12,13). The number of hydrogen-bond acceptors (Lipinski definition) is 3. The number of aliphatic carboxylic acids is 1. The van der Waals surface area contributed by atoms with Crippen molar-refractivity contribution in [3.63, 3.8) is 0 Å². The summed E-state index contributed by atoms with van der Waals surface area (Å²) in [6.45, 7) is 1.80. The van der Waals surface area contributed by atoms with Gasteiger partial charge in [-0.15, -0.1) is 0 Å². The summed E-state index contributed by atoms with van der Waals surface area (Å²) in [5, 5.41) is 8.86. The smallest absolute Gasteiger partial charge is 0.312 e. The van der Waals surface area contributed by atoms with E-state index in [-0.39, 0.29) is 0 Å². The summed E-state index contributed by atoms with van der Waals surface area (Å²) in [5.74, 6) is -1.48. The van der Waals surface area contributed by atoms with Crippen LogP contribution in [-0.2, 0) is 4.79 Å². The Kier molecular flexibility index (Phi) is 2.84. The number of hydrogen-bond donors (Lipinski definition) is 2. The van der Waals surface area contributed by atoms with Crippen LogP contribution in [0.2, 0.25) is 0 Å². The Morgan fingerprint density at radius 1 is 1.77 bits per heavy atom. The highest BCUT2D eigenvalue weighted by Gasteiger charge is 2.20. The van der Waals surface area contributed by atoms with Crippen LogP contribution in [0.15, 0.2) is 18.3 Å². The number of aromatic nitrogens is 1. The average molecular weight is 180 g/mol. The van der Waals surface area contributed by atoms with Gasteiger partial charge in [0.15, 0.2) is 0 Å². The molecule has 0 aliphatic rings. The topological polar surface area (TPSA) is 76.2 Å². The van der Waals surface area contributed by atoms with Gasteiger partial charge in [0.1, 0.15) is 5.92 Å². The van der Waals surface area contributed by atoms with Crippen LogP contribution in [-0.4, -0.2) is 16.1 Å². The first-order chi connectivity index (χ1) is 6.16. The fourth-order valence-electron chi connectivity index (χ4n) is 1.21. The second kappa shape index (κ2) is 3.89. The Balaban J connectivity index is 3.04. The maximum absolute atomic E-state index is 10.8. The molecule has 0 saturated heterocycles. The first kappa shape index (κ1) is 9.51. The molecule has 0 amide bonds. The molecular formula is C9H12N2O2. The summed E-state index contributed by atoms with van der Waals surface area (Å²) in [7, 11) is 0. The molecule has 1 aromatic rings. The zero-order valence-electron chi connectivity index (χ0n) is 7.40.